The van der Waals surface area contributed by atoms with Crippen LogP contribution in [0.3, 0.4) is 0 Å². The van der Waals surface area contributed by atoms with Crippen molar-refractivity contribution in [2.75, 3.05) is 26.3 Å². The minimum Gasteiger partial charge on any atom is -0.381 e. The summed E-state index contributed by atoms with van der Waals surface area (Å²) >= 11 is 0. The molecule has 0 spiro atoms. The number of hydrogen-bond donors (Lipinski definition) is 1. The molecule has 174 valence electrons. The summed E-state index contributed by atoms with van der Waals surface area (Å²) in [6.45, 7) is 2.85. The summed E-state index contributed by atoms with van der Waals surface area (Å²) in [4.78, 5) is 16.0. The predicted molar refractivity (Wildman–Crippen MR) is 126 cm³/mol. The lowest BCUT2D eigenvalue weighted by Crippen LogP contribution is -2.48. The molecule has 1 N–H and O–H groups in total. The van der Waals surface area contributed by atoms with Gasteiger partial charge >= 0.3 is 0 Å². The van der Waals surface area contributed by atoms with Crippen LogP contribution in [0.2, 0.25) is 0 Å². The largest absolute Gasteiger partial charge is 0.381 e. The number of H-pyrrole nitrogens is 1. The predicted octanol–water partition coefficient (Wildman–Crippen LogP) is 4.91. The van der Waals surface area contributed by atoms with Crippen molar-refractivity contribution in [1.82, 2.24) is 15.1 Å². The van der Waals surface area contributed by atoms with Crippen LogP contribution in [0, 0.1) is 17.2 Å². The van der Waals surface area contributed by atoms with Crippen LogP contribution in [0.4, 0.5) is 4.39 Å². The van der Waals surface area contributed by atoms with Crippen LogP contribution in [0.1, 0.15) is 43.2 Å². The number of nitrogens with zero attached hydrogens (tertiary/aromatic N) is 2. The number of carbonyl (C=O) groups excluding carboxylic acids is 1. The molecule has 2 aliphatic heterocycles. The minimum absolute atomic E-state index is 0.239. The molecule has 3 heterocycles. The maximum atomic E-state index is 13.9. The first-order valence-electron chi connectivity index (χ1n) is 12.1. The second-order valence-electron chi connectivity index (χ2n) is 9.78. The maximum absolute atomic E-state index is 13.9. The van der Waals surface area contributed by atoms with Gasteiger partial charge in [-0.1, -0.05) is 18.2 Å². The molecule has 6 heteroatoms. The number of hydrogen-bond acceptors (Lipinski definition) is 3. The molecule has 1 amide bonds. The standard InChI is InChI=1S/C27H32FN3O2/c28-24-6-3-21(4-7-24)18-27(10-14-33-15-11-27)26(32)31-12-1-2-20(9-13-31)16-22-5-8-25-23(17-22)19-29-30-25/h3-8,17,19-20H,1-2,9-16,18H2,(H,29,30)/t20-/m0/s1. The lowest BCUT2D eigenvalue weighted by molar-refractivity contribution is -0.148. The summed E-state index contributed by atoms with van der Waals surface area (Å²) in [5, 5.41) is 8.29. The Labute approximate surface area is 194 Å². The monoisotopic (exact) mass is 449 g/mol. The molecule has 0 saturated carbocycles. The molecular weight excluding hydrogens is 417 g/mol. The van der Waals surface area contributed by atoms with E-state index < -0.39 is 5.41 Å². The number of aromatic amines is 1. The fourth-order valence-corrected chi connectivity index (χ4v) is 5.58. The molecule has 2 fully saturated rings. The third-order valence-electron chi connectivity index (χ3n) is 7.52. The number of amides is 1. The van der Waals surface area contributed by atoms with E-state index in [4.69, 9.17) is 4.74 Å². The average Bonchev–Trinajstić information content (AvgIpc) is 3.18. The Morgan fingerprint density at radius 1 is 1.09 bits per heavy atom. The van der Waals surface area contributed by atoms with Gasteiger partial charge in [0, 0.05) is 31.7 Å². The van der Waals surface area contributed by atoms with Crippen LogP contribution in [-0.4, -0.2) is 47.3 Å². The zero-order valence-electron chi connectivity index (χ0n) is 19.1. The van der Waals surface area contributed by atoms with E-state index in [2.05, 4.69) is 33.3 Å². The van der Waals surface area contributed by atoms with Crippen molar-refractivity contribution < 1.29 is 13.9 Å². The number of aromatic nitrogens is 2. The van der Waals surface area contributed by atoms with Crippen molar-refractivity contribution in [2.24, 2.45) is 11.3 Å². The van der Waals surface area contributed by atoms with E-state index in [1.54, 1.807) is 0 Å². The van der Waals surface area contributed by atoms with Crippen LogP contribution < -0.4 is 0 Å². The number of ether oxygens (including phenoxy) is 1. The Hall–Kier alpha value is -2.73. The van der Waals surface area contributed by atoms with Gasteiger partial charge in [-0.05, 0) is 86.3 Å². The van der Waals surface area contributed by atoms with Gasteiger partial charge in [-0.25, -0.2) is 4.39 Å². The summed E-state index contributed by atoms with van der Waals surface area (Å²) in [6, 6.07) is 13.1. The van der Waals surface area contributed by atoms with E-state index >= 15 is 0 Å². The van der Waals surface area contributed by atoms with Crippen molar-refractivity contribution in [3.63, 3.8) is 0 Å². The number of benzene rings is 2. The zero-order chi connectivity index (χ0) is 22.7. The fraction of sp³-hybridized carbons (Fsp3) is 0.481. The first-order valence-corrected chi connectivity index (χ1v) is 12.1. The maximum Gasteiger partial charge on any atom is 0.229 e. The molecule has 2 saturated heterocycles. The number of fused-ring (bicyclic) bond motifs is 1. The lowest BCUT2D eigenvalue weighted by atomic mass is 9.74. The summed E-state index contributed by atoms with van der Waals surface area (Å²) < 4.78 is 19.0. The van der Waals surface area contributed by atoms with Gasteiger partial charge in [-0.3, -0.25) is 9.89 Å². The quantitative estimate of drug-likeness (QED) is 0.602. The van der Waals surface area contributed by atoms with Gasteiger partial charge in [0.25, 0.3) is 0 Å². The van der Waals surface area contributed by atoms with Crippen molar-refractivity contribution in [1.29, 1.82) is 0 Å². The lowest BCUT2D eigenvalue weighted by Gasteiger charge is -2.40. The first kappa shape index (κ1) is 22.1. The summed E-state index contributed by atoms with van der Waals surface area (Å²) in [7, 11) is 0. The zero-order valence-corrected chi connectivity index (χ0v) is 19.1. The SMILES string of the molecule is O=C(N1CCC[C@H](Cc2ccc3[nH]ncc3c2)CC1)C1(Cc2ccc(F)cc2)CCOCC1. The van der Waals surface area contributed by atoms with Gasteiger partial charge in [0.1, 0.15) is 5.82 Å². The molecule has 0 unspecified atom stereocenters. The van der Waals surface area contributed by atoms with E-state index in [9.17, 15) is 9.18 Å². The normalized spacial score (nSPS) is 21.1. The highest BCUT2D eigenvalue weighted by Crippen LogP contribution is 2.37. The van der Waals surface area contributed by atoms with Crippen LogP contribution in [0.25, 0.3) is 10.9 Å². The van der Waals surface area contributed by atoms with Crippen LogP contribution in [0.5, 0.6) is 0 Å². The number of halogens is 1. The Kier molecular flexibility index (Phi) is 6.45. The van der Waals surface area contributed by atoms with E-state index in [1.807, 2.05) is 18.3 Å². The molecule has 33 heavy (non-hydrogen) atoms. The smallest absolute Gasteiger partial charge is 0.229 e. The van der Waals surface area contributed by atoms with Crippen molar-refractivity contribution in [3.05, 3.63) is 65.6 Å². The highest BCUT2D eigenvalue weighted by atomic mass is 19.1. The fourth-order valence-electron chi connectivity index (χ4n) is 5.58. The molecule has 3 aromatic rings. The second-order valence-corrected chi connectivity index (χ2v) is 9.78. The Morgan fingerprint density at radius 2 is 1.88 bits per heavy atom. The third kappa shape index (κ3) is 4.96. The van der Waals surface area contributed by atoms with Gasteiger partial charge in [0.05, 0.1) is 17.1 Å². The van der Waals surface area contributed by atoms with Gasteiger partial charge in [-0.15, -0.1) is 0 Å². The van der Waals surface area contributed by atoms with E-state index in [-0.39, 0.29) is 11.7 Å². The van der Waals surface area contributed by atoms with Gasteiger partial charge in [0.2, 0.25) is 5.91 Å². The summed E-state index contributed by atoms with van der Waals surface area (Å²) in [5.41, 5.74) is 2.99. The molecule has 0 radical (unpaired) electrons. The topological polar surface area (TPSA) is 58.2 Å². The first-order chi connectivity index (χ1) is 16.1. The van der Waals surface area contributed by atoms with Gasteiger partial charge in [-0.2, -0.15) is 5.10 Å². The molecule has 5 nitrogen and oxygen atoms in total. The summed E-state index contributed by atoms with van der Waals surface area (Å²) in [5.74, 6) is 0.599. The average molecular weight is 450 g/mol. The summed E-state index contributed by atoms with van der Waals surface area (Å²) in [6.07, 6.45) is 8.23. The van der Waals surface area contributed by atoms with Crippen molar-refractivity contribution in [3.8, 4) is 0 Å². The highest BCUT2D eigenvalue weighted by Gasteiger charge is 2.42. The van der Waals surface area contributed by atoms with E-state index in [0.29, 0.717) is 25.6 Å². The molecule has 0 bridgehead atoms. The molecule has 0 aliphatic carbocycles. The molecular formula is C27H32FN3O2. The van der Waals surface area contributed by atoms with Gasteiger partial charge < -0.3 is 9.64 Å². The number of rotatable bonds is 5. The number of nitrogens with one attached hydrogen (secondary N) is 1. The second kappa shape index (κ2) is 9.64. The Bertz CT molecular complexity index is 1090. The number of carbonyl (C=O) groups is 1. The van der Waals surface area contributed by atoms with Crippen molar-refractivity contribution in [2.45, 2.75) is 44.9 Å². The van der Waals surface area contributed by atoms with Crippen LogP contribution in [0.15, 0.2) is 48.7 Å². The number of likely N-dealkylation sites (tertiary alicyclic amines) is 1. The minimum atomic E-state index is -0.442. The van der Waals surface area contributed by atoms with Crippen LogP contribution in [-0.2, 0) is 22.4 Å². The van der Waals surface area contributed by atoms with Gasteiger partial charge in [0.15, 0.2) is 0 Å². The molecule has 1 atom stereocenters. The van der Waals surface area contributed by atoms with Crippen molar-refractivity contribution >= 4 is 16.8 Å². The Morgan fingerprint density at radius 3 is 2.70 bits per heavy atom. The highest BCUT2D eigenvalue weighted by molar-refractivity contribution is 5.83. The third-order valence-corrected chi connectivity index (χ3v) is 7.52. The molecule has 2 aromatic carbocycles. The van der Waals surface area contributed by atoms with E-state index in [1.165, 1.54) is 17.7 Å². The molecule has 5 rings (SSSR count). The Balaban J connectivity index is 1.26. The molecule has 2 aliphatic rings. The molecule has 1 aromatic heterocycles. The van der Waals surface area contributed by atoms with E-state index in [0.717, 1.165) is 68.1 Å². The van der Waals surface area contributed by atoms with Crippen LogP contribution >= 0.6 is 0 Å².